The van der Waals surface area contributed by atoms with Gasteiger partial charge in [0.25, 0.3) is 10.1 Å². The molecule has 172 valence electrons. The minimum absolute atomic E-state index is 0. The molecule has 0 unspecified atom stereocenters. The van der Waals surface area contributed by atoms with Gasteiger partial charge in [0.1, 0.15) is 10.6 Å². The van der Waals surface area contributed by atoms with Crippen molar-refractivity contribution >= 4 is 10.1 Å². The van der Waals surface area contributed by atoms with Crippen LogP contribution in [0.2, 0.25) is 0 Å². The van der Waals surface area contributed by atoms with E-state index in [1.807, 2.05) is 6.07 Å². The van der Waals surface area contributed by atoms with Gasteiger partial charge >= 0.3 is 51.4 Å². The van der Waals surface area contributed by atoms with Crippen molar-refractivity contribution in [2.24, 2.45) is 0 Å². The van der Waals surface area contributed by atoms with E-state index >= 15 is 0 Å². The predicted octanol–water partition coefficient (Wildman–Crippen LogP) is 3.66. The molecule has 0 fully saturated rings. The molecule has 0 saturated carbocycles. The first-order chi connectivity index (χ1) is 14.9. The minimum Gasteiger partial charge on any atom is -0.872 e. The van der Waals surface area contributed by atoms with Gasteiger partial charge in [0.2, 0.25) is 0 Å². The second-order valence-electron chi connectivity index (χ2n) is 8.05. The van der Waals surface area contributed by atoms with Gasteiger partial charge in [-0.3, -0.25) is 4.55 Å². The van der Waals surface area contributed by atoms with Gasteiger partial charge in [0.05, 0.1) is 0 Å². The molecule has 0 amide bonds. The van der Waals surface area contributed by atoms with Crippen LogP contribution in [0.4, 0.5) is 0 Å². The van der Waals surface area contributed by atoms with Gasteiger partial charge in [-0.1, -0.05) is 95.4 Å². The van der Waals surface area contributed by atoms with E-state index in [0.29, 0.717) is 17.7 Å². The van der Waals surface area contributed by atoms with Crippen LogP contribution in [-0.4, -0.2) is 13.0 Å². The second kappa shape index (κ2) is 16.3. The summed E-state index contributed by atoms with van der Waals surface area (Å²) in [5.41, 5.74) is 0.301. The molecule has 0 saturated heterocycles. The van der Waals surface area contributed by atoms with Gasteiger partial charge in [-0.15, -0.1) is 5.75 Å². The Kier molecular flexibility index (Phi) is 15.0. The van der Waals surface area contributed by atoms with E-state index in [0.717, 1.165) is 25.3 Å². The minimum atomic E-state index is -4.51. The number of para-hydroxylation sites is 1. The third-order valence-electron chi connectivity index (χ3n) is 5.45. The summed E-state index contributed by atoms with van der Waals surface area (Å²) >= 11 is 0. The molecule has 0 radical (unpaired) electrons. The van der Waals surface area contributed by atoms with E-state index < -0.39 is 10.1 Å². The summed E-state index contributed by atoms with van der Waals surface area (Å²) in [6.45, 7) is 2.23. The number of ether oxygens (including phenoxy) is 1. The van der Waals surface area contributed by atoms with Crippen LogP contribution in [0.25, 0.3) is 0 Å². The molecule has 2 aromatic rings. The first-order valence-electron chi connectivity index (χ1n) is 11.5. The summed E-state index contributed by atoms with van der Waals surface area (Å²) in [6, 6.07) is 11.0. The summed E-state index contributed by atoms with van der Waals surface area (Å²) in [4.78, 5) is -0.367. The maximum atomic E-state index is 12.5. The van der Waals surface area contributed by atoms with Crippen molar-refractivity contribution < 1.29 is 74.2 Å². The first-order valence-corrected chi connectivity index (χ1v) is 12.9. The molecule has 0 aromatic heterocycles. The molecule has 0 bridgehead atoms. The summed E-state index contributed by atoms with van der Waals surface area (Å²) in [6.07, 6.45) is 13.5. The van der Waals surface area contributed by atoms with Gasteiger partial charge < -0.3 is 9.84 Å². The summed E-state index contributed by atoms with van der Waals surface area (Å²) in [5, 5.41) is 12.5. The number of hydrogen-bond acceptors (Lipinski definition) is 4. The SMILES string of the molecule is CCCCCCCCCCCCCc1c([O-])ccc(S(=O)(=O)O)c1Oc1ccccc1.[K+]. The number of hydrogen-bond donors (Lipinski definition) is 1. The second-order valence-corrected chi connectivity index (χ2v) is 9.44. The molecule has 0 aliphatic carbocycles. The average molecular weight is 487 g/mol. The smallest absolute Gasteiger partial charge is 0.872 e. The van der Waals surface area contributed by atoms with E-state index in [4.69, 9.17) is 4.74 Å². The van der Waals surface area contributed by atoms with Crippen LogP contribution in [-0.2, 0) is 16.5 Å². The van der Waals surface area contributed by atoms with Crippen LogP contribution in [0, 0.1) is 0 Å². The van der Waals surface area contributed by atoms with Crippen molar-refractivity contribution in [2.75, 3.05) is 0 Å². The van der Waals surface area contributed by atoms with Crippen molar-refractivity contribution in [3.05, 3.63) is 48.0 Å². The Bertz CT molecular complexity index is 885. The molecular formula is C25H35KO5S. The molecule has 5 nitrogen and oxygen atoms in total. The van der Waals surface area contributed by atoms with Crippen LogP contribution >= 0.6 is 0 Å². The Morgan fingerprint density at radius 1 is 0.812 bits per heavy atom. The largest absolute Gasteiger partial charge is 1.00 e. The van der Waals surface area contributed by atoms with E-state index in [2.05, 4.69) is 6.92 Å². The van der Waals surface area contributed by atoms with Gasteiger partial charge in [0.15, 0.2) is 5.75 Å². The maximum absolute atomic E-state index is 12.5. The normalized spacial score (nSPS) is 11.2. The molecule has 1 N–H and O–H groups in total. The van der Waals surface area contributed by atoms with Crippen molar-refractivity contribution in [1.29, 1.82) is 0 Å². The first kappa shape index (κ1) is 29.6. The van der Waals surface area contributed by atoms with Gasteiger partial charge in [-0.05, 0) is 36.6 Å². The topological polar surface area (TPSA) is 86.7 Å². The van der Waals surface area contributed by atoms with Gasteiger partial charge in [0, 0.05) is 0 Å². The molecule has 0 atom stereocenters. The summed E-state index contributed by atoms with van der Waals surface area (Å²) in [7, 11) is -4.51. The van der Waals surface area contributed by atoms with E-state index in [9.17, 15) is 18.1 Å². The molecule has 2 aromatic carbocycles. The number of unbranched alkanes of at least 4 members (excludes halogenated alkanes) is 10. The van der Waals surface area contributed by atoms with Crippen LogP contribution < -0.4 is 61.2 Å². The maximum Gasteiger partial charge on any atom is 1.00 e. The van der Waals surface area contributed by atoms with Gasteiger partial charge in [-0.2, -0.15) is 8.42 Å². The van der Waals surface area contributed by atoms with Crippen LogP contribution in [0.3, 0.4) is 0 Å². The summed E-state index contributed by atoms with van der Waals surface area (Å²) in [5.74, 6) is 0.0804. The van der Waals surface area contributed by atoms with E-state index in [1.54, 1.807) is 24.3 Å². The molecule has 0 heterocycles. The van der Waals surface area contributed by atoms with Crippen LogP contribution in [0.5, 0.6) is 17.2 Å². The Labute approximate surface area is 236 Å². The van der Waals surface area contributed by atoms with Crippen molar-refractivity contribution in [3.63, 3.8) is 0 Å². The fraction of sp³-hybridized carbons (Fsp3) is 0.520. The molecular weight excluding hydrogens is 451 g/mol. The molecule has 32 heavy (non-hydrogen) atoms. The third-order valence-corrected chi connectivity index (χ3v) is 6.33. The quantitative estimate of drug-likeness (QED) is 0.236. The molecule has 0 spiro atoms. The zero-order valence-electron chi connectivity index (χ0n) is 19.5. The van der Waals surface area contributed by atoms with Crippen molar-refractivity contribution in [3.8, 4) is 17.2 Å². The van der Waals surface area contributed by atoms with Crippen molar-refractivity contribution in [1.82, 2.24) is 0 Å². The molecule has 2 rings (SSSR count). The standard InChI is InChI=1S/C25H36O5S.K/c1-2-3-4-5-6-7-8-9-10-11-15-18-22-23(26)19-20-24(31(27,28)29)25(22)30-21-16-13-12-14-17-21;/h12-14,16-17,19-20,26H,2-11,15,18H2,1H3,(H,27,28,29);/q;+1/p-1. The van der Waals surface area contributed by atoms with Crippen LogP contribution in [0.1, 0.15) is 83.1 Å². The van der Waals surface area contributed by atoms with Crippen LogP contribution in [0.15, 0.2) is 47.4 Å². The molecule has 0 aliphatic rings. The Balaban J connectivity index is 0.00000512. The van der Waals surface area contributed by atoms with E-state index in [1.165, 1.54) is 57.4 Å². The monoisotopic (exact) mass is 486 g/mol. The fourth-order valence-electron chi connectivity index (χ4n) is 3.71. The average Bonchev–Trinajstić information content (AvgIpc) is 2.73. The zero-order chi connectivity index (χ0) is 22.5. The van der Waals surface area contributed by atoms with E-state index in [-0.39, 0.29) is 67.8 Å². The fourth-order valence-corrected chi connectivity index (χ4v) is 4.35. The predicted molar refractivity (Wildman–Crippen MR) is 122 cm³/mol. The van der Waals surface area contributed by atoms with Crippen molar-refractivity contribution in [2.45, 2.75) is 88.9 Å². The summed E-state index contributed by atoms with van der Waals surface area (Å²) < 4.78 is 39.1. The molecule has 7 heteroatoms. The van der Waals surface area contributed by atoms with Gasteiger partial charge in [-0.25, -0.2) is 0 Å². The Hall–Kier alpha value is -0.414. The Morgan fingerprint density at radius 3 is 1.88 bits per heavy atom. The number of benzene rings is 2. The molecule has 0 aliphatic heterocycles. The number of rotatable bonds is 15. The Morgan fingerprint density at radius 2 is 1.34 bits per heavy atom. The third kappa shape index (κ3) is 10.7. The zero-order valence-corrected chi connectivity index (χ0v) is 23.5.